The lowest BCUT2D eigenvalue weighted by atomic mass is 10.0. The zero-order valence-electron chi connectivity index (χ0n) is 12.4. The number of amides is 1. The Bertz CT molecular complexity index is 567. The summed E-state index contributed by atoms with van der Waals surface area (Å²) in [6.45, 7) is 3.33. The molecule has 3 N–H and O–H groups in total. The third-order valence-corrected chi connectivity index (χ3v) is 5.24. The van der Waals surface area contributed by atoms with Gasteiger partial charge in [0.1, 0.15) is 0 Å². The van der Waals surface area contributed by atoms with Gasteiger partial charge in [0.25, 0.3) is 5.91 Å². The summed E-state index contributed by atoms with van der Waals surface area (Å²) < 4.78 is 0. The van der Waals surface area contributed by atoms with Crippen LogP contribution in [0.15, 0.2) is 12.1 Å². The molecule has 1 aromatic rings. The van der Waals surface area contributed by atoms with Crippen LogP contribution in [0.3, 0.4) is 0 Å². The van der Waals surface area contributed by atoms with Crippen molar-refractivity contribution in [2.24, 2.45) is 5.92 Å². The topological polar surface area (TPSA) is 58.4 Å². The fraction of sp³-hybridized carbons (Fsp3) is 0.562. The lowest BCUT2D eigenvalue weighted by Crippen LogP contribution is -2.45. The van der Waals surface area contributed by atoms with Gasteiger partial charge in [-0.1, -0.05) is 23.2 Å². The summed E-state index contributed by atoms with van der Waals surface area (Å²) in [7, 11) is 0. The first-order chi connectivity index (χ1) is 10.5. The Morgan fingerprint density at radius 1 is 1.23 bits per heavy atom. The molecule has 22 heavy (non-hydrogen) atoms. The van der Waals surface area contributed by atoms with Crippen molar-refractivity contribution >= 4 is 34.8 Å². The van der Waals surface area contributed by atoms with Crippen molar-refractivity contribution in [2.75, 3.05) is 25.4 Å². The second-order valence-corrected chi connectivity index (χ2v) is 7.10. The maximum atomic E-state index is 12.4. The van der Waals surface area contributed by atoms with Gasteiger partial charge in [0.2, 0.25) is 0 Å². The van der Waals surface area contributed by atoms with Crippen LogP contribution in [-0.4, -0.2) is 36.5 Å². The summed E-state index contributed by atoms with van der Waals surface area (Å²) in [6, 6.07) is 3.44. The first-order valence-corrected chi connectivity index (χ1v) is 8.57. The van der Waals surface area contributed by atoms with Crippen molar-refractivity contribution in [3.63, 3.8) is 0 Å². The molecular weight excluding hydrogens is 321 g/mol. The van der Waals surface area contributed by atoms with E-state index in [2.05, 4.69) is 10.2 Å². The maximum Gasteiger partial charge on any atom is 0.253 e. The van der Waals surface area contributed by atoms with Crippen molar-refractivity contribution in [2.45, 2.75) is 31.7 Å². The summed E-state index contributed by atoms with van der Waals surface area (Å²) in [5, 5.41) is 3.67. The molecule has 1 heterocycles. The molecule has 0 unspecified atom stereocenters. The van der Waals surface area contributed by atoms with Crippen LogP contribution in [0.2, 0.25) is 10.0 Å². The van der Waals surface area contributed by atoms with Crippen LogP contribution in [0.5, 0.6) is 0 Å². The first kappa shape index (κ1) is 15.9. The highest BCUT2D eigenvalue weighted by Crippen LogP contribution is 2.31. The molecule has 1 amide bonds. The molecule has 6 heteroatoms. The second kappa shape index (κ2) is 6.65. The average molecular weight is 342 g/mol. The standard InChI is InChI=1S/C16H21Cl2N3O/c17-13-4-3-12(14(18)15(13)19)16(22)20-11-5-7-21(8-6-11)9-10-1-2-10/h3-4,10-11H,1-2,5-9,19H2,(H,20,22). The monoisotopic (exact) mass is 341 g/mol. The van der Waals surface area contributed by atoms with E-state index in [9.17, 15) is 4.79 Å². The fourth-order valence-corrected chi connectivity index (χ4v) is 3.39. The van der Waals surface area contributed by atoms with E-state index >= 15 is 0 Å². The van der Waals surface area contributed by atoms with Crippen LogP contribution in [0.25, 0.3) is 0 Å². The number of nitrogens with one attached hydrogen (secondary N) is 1. The van der Waals surface area contributed by atoms with Crippen LogP contribution in [-0.2, 0) is 0 Å². The Morgan fingerprint density at radius 3 is 2.55 bits per heavy atom. The predicted octanol–water partition coefficient (Wildman–Crippen LogP) is 3.18. The van der Waals surface area contributed by atoms with E-state index < -0.39 is 0 Å². The van der Waals surface area contributed by atoms with E-state index in [1.54, 1.807) is 12.1 Å². The molecular formula is C16H21Cl2N3O. The number of piperidine rings is 1. The van der Waals surface area contributed by atoms with Crippen LogP contribution in [0, 0.1) is 5.92 Å². The molecule has 1 saturated heterocycles. The summed E-state index contributed by atoms with van der Waals surface area (Å²) in [5.41, 5.74) is 6.43. The van der Waals surface area contributed by atoms with Gasteiger partial charge >= 0.3 is 0 Å². The number of hydrogen-bond acceptors (Lipinski definition) is 3. The van der Waals surface area contributed by atoms with Crippen molar-refractivity contribution in [3.05, 3.63) is 27.7 Å². The molecule has 1 aliphatic carbocycles. The Morgan fingerprint density at radius 2 is 1.91 bits per heavy atom. The van der Waals surface area contributed by atoms with Gasteiger partial charge in [0.15, 0.2) is 0 Å². The van der Waals surface area contributed by atoms with Crippen molar-refractivity contribution in [1.82, 2.24) is 10.2 Å². The number of nitrogens with two attached hydrogens (primary N) is 1. The summed E-state index contributed by atoms with van der Waals surface area (Å²) >= 11 is 12.0. The fourth-order valence-electron chi connectivity index (χ4n) is 2.93. The molecule has 4 nitrogen and oxygen atoms in total. The van der Waals surface area contributed by atoms with Gasteiger partial charge in [-0.25, -0.2) is 0 Å². The zero-order valence-corrected chi connectivity index (χ0v) is 14.0. The molecule has 0 bridgehead atoms. The van der Waals surface area contributed by atoms with Gasteiger partial charge in [0.05, 0.1) is 21.3 Å². The largest absolute Gasteiger partial charge is 0.396 e. The van der Waals surface area contributed by atoms with Crippen LogP contribution in [0.1, 0.15) is 36.0 Å². The van der Waals surface area contributed by atoms with E-state index in [1.807, 2.05) is 0 Å². The van der Waals surface area contributed by atoms with E-state index in [0.717, 1.165) is 31.8 Å². The normalized spacial score (nSPS) is 20.1. The van der Waals surface area contributed by atoms with E-state index in [-0.39, 0.29) is 22.7 Å². The molecule has 1 aromatic carbocycles. The number of benzene rings is 1. The average Bonchev–Trinajstić information content (AvgIpc) is 3.31. The summed E-state index contributed by atoms with van der Waals surface area (Å²) in [6.07, 6.45) is 4.73. The number of carbonyl (C=O) groups excluding carboxylic acids is 1. The van der Waals surface area contributed by atoms with Crippen LogP contribution >= 0.6 is 23.2 Å². The minimum Gasteiger partial charge on any atom is -0.396 e. The Hall–Kier alpha value is -0.970. The smallest absolute Gasteiger partial charge is 0.253 e. The van der Waals surface area contributed by atoms with Crippen molar-refractivity contribution in [3.8, 4) is 0 Å². The molecule has 1 aliphatic heterocycles. The van der Waals surface area contributed by atoms with Gasteiger partial charge < -0.3 is 16.0 Å². The number of nitrogens with zero attached hydrogens (tertiary/aromatic N) is 1. The first-order valence-electron chi connectivity index (χ1n) is 7.81. The molecule has 0 aromatic heterocycles. The third-order valence-electron chi connectivity index (χ3n) is 4.51. The lowest BCUT2D eigenvalue weighted by molar-refractivity contribution is 0.0910. The Balaban J connectivity index is 1.55. The van der Waals surface area contributed by atoms with E-state index in [4.69, 9.17) is 28.9 Å². The summed E-state index contributed by atoms with van der Waals surface area (Å²) in [4.78, 5) is 14.9. The molecule has 0 atom stereocenters. The van der Waals surface area contributed by atoms with Crippen LogP contribution < -0.4 is 11.1 Å². The number of carbonyl (C=O) groups is 1. The lowest BCUT2D eigenvalue weighted by Gasteiger charge is -2.32. The molecule has 3 rings (SSSR count). The maximum absolute atomic E-state index is 12.4. The number of rotatable bonds is 4. The Labute approximate surface area is 140 Å². The third kappa shape index (κ3) is 3.67. The van der Waals surface area contributed by atoms with Gasteiger partial charge in [-0.2, -0.15) is 0 Å². The minimum atomic E-state index is -0.172. The zero-order chi connectivity index (χ0) is 15.7. The van der Waals surface area contributed by atoms with Gasteiger partial charge in [-0.05, 0) is 43.7 Å². The van der Waals surface area contributed by atoms with Gasteiger partial charge in [-0.3, -0.25) is 4.79 Å². The number of likely N-dealkylation sites (tertiary alicyclic amines) is 1. The minimum absolute atomic E-state index is 0.172. The summed E-state index contributed by atoms with van der Waals surface area (Å²) in [5.74, 6) is 0.746. The number of nitrogen functional groups attached to an aromatic ring is 1. The molecule has 1 saturated carbocycles. The SMILES string of the molecule is Nc1c(Cl)ccc(C(=O)NC2CCN(CC3CC3)CC2)c1Cl. The predicted molar refractivity (Wildman–Crippen MR) is 90.5 cm³/mol. The van der Waals surface area contributed by atoms with E-state index in [0.29, 0.717) is 10.6 Å². The molecule has 120 valence electrons. The molecule has 2 fully saturated rings. The van der Waals surface area contributed by atoms with Crippen molar-refractivity contribution < 1.29 is 4.79 Å². The Kier molecular flexibility index (Phi) is 4.81. The number of halogens is 2. The quantitative estimate of drug-likeness (QED) is 0.827. The number of anilines is 1. The number of hydrogen-bond donors (Lipinski definition) is 2. The van der Waals surface area contributed by atoms with Gasteiger partial charge in [0, 0.05) is 25.7 Å². The van der Waals surface area contributed by atoms with Gasteiger partial charge in [-0.15, -0.1) is 0 Å². The van der Waals surface area contributed by atoms with Crippen molar-refractivity contribution in [1.29, 1.82) is 0 Å². The molecule has 0 spiro atoms. The van der Waals surface area contributed by atoms with Crippen LogP contribution in [0.4, 0.5) is 5.69 Å². The highest BCUT2D eigenvalue weighted by atomic mass is 35.5. The molecule has 0 radical (unpaired) electrons. The highest BCUT2D eigenvalue weighted by Gasteiger charge is 2.28. The van der Waals surface area contributed by atoms with E-state index in [1.165, 1.54) is 19.4 Å². The highest BCUT2D eigenvalue weighted by molar-refractivity contribution is 6.40. The second-order valence-electron chi connectivity index (χ2n) is 6.31. The molecule has 2 aliphatic rings.